The minimum atomic E-state index is -4.16. The molecule has 3 aromatic rings. The normalized spacial score (nSPS) is 12.2. The zero-order valence-electron chi connectivity index (χ0n) is 23.3. The Morgan fingerprint density at radius 1 is 0.950 bits per heavy atom. The maximum Gasteiger partial charge on any atom is 0.264 e. The summed E-state index contributed by atoms with van der Waals surface area (Å²) in [4.78, 5) is 28.5. The lowest BCUT2D eigenvalue weighted by Crippen LogP contribution is -2.51. The fraction of sp³-hybridized carbons (Fsp3) is 0.333. The highest BCUT2D eigenvalue weighted by molar-refractivity contribution is 9.10. The van der Waals surface area contributed by atoms with Crippen LogP contribution in [0.4, 0.5) is 5.69 Å². The molecule has 0 fully saturated rings. The third kappa shape index (κ3) is 8.08. The van der Waals surface area contributed by atoms with Crippen LogP contribution in [0.5, 0.6) is 0 Å². The zero-order valence-corrected chi connectivity index (χ0v) is 26.5. The Kier molecular flexibility index (Phi) is 10.8. The van der Waals surface area contributed by atoms with Crippen molar-refractivity contribution in [1.82, 2.24) is 10.2 Å². The van der Waals surface area contributed by atoms with Crippen molar-refractivity contribution in [3.63, 3.8) is 0 Å². The molecule has 214 valence electrons. The molecule has 0 spiro atoms. The summed E-state index contributed by atoms with van der Waals surface area (Å²) in [6.07, 6.45) is 0. The number of carbonyl (C=O) groups excluding carboxylic acids is 2. The predicted octanol–water partition coefficient (Wildman–Crippen LogP) is 6.10. The lowest BCUT2D eigenvalue weighted by Gasteiger charge is -2.32. The van der Waals surface area contributed by atoms with Crippen molar-refractivity contribution < 1.29 is 18.0 Å². The van der Waals surface area contributed by atoms with Gasteiger partial charge in [0.1, 0.15) is 12.6 Å². The molecule has 1 N–H and O–H groups in total. The number of carbonyl (C=O) groups is 2. The Hall–Kier alpha value is -2.88. The molecule has 10 heteroatoms. The molecule has 0 aliphatic carbocycles. The number of hydrogen-bond acceptors (Lipinski definition) is 4. The topological polar surface area (TPSA) is 86.8 Å². The monoisotopic (exact) mass is 647 g/mol. The number of nitrogens with zero attached hydrogens (tertiary/aromatic N) is 2. The molecule has 7 nitrogen and oxygen atoms in total. The van der Waals surface area contributed by atoms with Crippen LogP contribution in [0.15, 0.2) is 76.1 Å². The van der Waals surface area contributed by atoms with E-state index in [-0.39, 0.29) is 23.3 Å². The van der Waals surface area contributed by atoms with Crippen LogP contribution in [-0.4, -0.2) is 44.3 Å². The number of rotatable bonds is 11. The Balaban J connectivity index is 2.04. The molecule has 0 heterocycles. The molecule has 40 heavy (non-hydrogen) atoms. The first kappa shape index (κ1) is 31.6. The molecule has 2 amide bonds. The highest BCUT2D eigenvalue weighted by atomic mass is 79.9. The first-order valence-electron chi connectivity index (χ1n) is 13.0. The van der Waals surface area contributed by atoms with Gasteiger partial charge in [-0.3, -0.25) is 13.9 Å². The van der Waals surface area contributed by atoms with E-state index in [0.717, 1.165) is 25.5 Å². The van der Waals surface area contributed by atoms with Gasteiger partial charge in [-0.25, -0.2) is 8.42 Å². The van der Waals surface area contributed by atoms with E-state index in [1.165, 1.54) is 29.2 Å². The second-order valence-corrected chi connectivity index (χ2v) is 13.4. The maximum absolute atomic E-state index is 14.0. The van der Waals surface area contributed by atoms with E-state index in [1.807, 2.05) is 58.0 Å². The number of nitrogens with one attached hydrogen (secondary N) is 1. The van der Waals surface area contributed by atoms with Crippen LogP contribution in [0.3, 0.4) is 0 Å². The Morgan fingerprint density at radius 2 is 1.62 bits per heavy atom. The van der Waals surface area contributed by atoms with Crippen LogP contribution in [0.1, 0.15) is 37.5 Å². The summed E-state index contributed by atoms with van der Waals surface area (Å²) in [6, 6.07) is 17.7. The summed E-state index contributed by atoms with van der Waals surface area (Å²) in [7, 11) is -4.16. The Bertz CT molecular complexity index is 1460. The molecule has 0 aromatic heterocycles. The van der Waals surface area contributed by atoms with Gasteiger partial charge in [0.2, 0.25) is 11.8 Å². The van der Waals surface area contributed by atoms with Gasteiger partial charge < -0.3 is 10.2 Å². The molecular formula is C30H35BrClN3O4S. The molecule has 3 rings (SSSR count). The van der Waals surface area contributed by atoms with E-state index < -0.39 is 28.5 Å². The average Bonchev–Trinajstić information content (AvgIpc) is 2.90. The van der Waals surface area contributed by atoms with E-state index in [0.29, 0.717) is 17.3 Å². The van der Waals surface area contributed by atoms with Gasteiger partial charge in [0.25, 0.3) is 10.0 Å². The highest BCUT2D eigenvalue weighted by Crippen LogP contribution is 2.27. The first-order valence-corrected chi connectivity index (χ1v) is 15.6. The molecular weight excluding hydrogens is 614 g/mol. The van der Waals surface area contributed by atoms with Crippen molar-refractivity contribution >= 4 is 55.1 Å². The lowest BCUT2D eigenvalue weighted by atomic mass is 10.1. The van der Waals surface area contributed by atoms with Gasteiger partial charge >= 0.3 is 0 Å². The van der Waals surface area contributed by atoms with Crippen molar-refractivity contribution in [2.75, 3.05) is 17.4 Å². The summed E-state index contributed by atoms with van der Waals surface area (Å²) in [5.74, 6) is -0.589. The fourth-order valence-electron chi connectivity index (χ4n) is 4.01. The third-order valence-corrected chi connectivity index (χ3v) is 9.09. The van der Waals surface area contributed by atoms with Crippen LogP contribution in [-0.2, 0) is 26.2 Å². The van der Waals surface area contributed by atoms with Crippen LogP contribution < -0.4 is 9.62 Å². The number of halogens is 2. The van der Waals surface area contributed by atoms with Crippen molar-refractivity contribution in [3.05, 3.63) is 92.9 Å². The molecule has 0 unspecified atom stereocenters. The van der Waals surface area contributed by atoms with Crippen LogP contribution >= 0.6 is 27.5 Å². The van der Waals surface area contributed by atoms with Gasteiger partial charge in [-0.1, -0.05) is 59.6 Å². The van der Waals surface area contributed by atoms with Crippen molar-refractivity contribution in [2.24, 2.45) is 5.92 Å². The molecule has 0 saturated heterocycles. The van der Waals surface area contributed by atoms with E-state index in [2.05, 4.69) is 21.2 Å². The van der Waals surface area contributed by atoms with Crippen molar-refractivity contribution in [2.45, 2.75) is 52.1 Å². The summed E-state index contributed by atoms with van der Waals surface area (Å²) >= 11 is 9.47. The molecule has 0 bridgehead atoms. The minimum Gasteiger partial charge on any atom is -0.354 e. The number of sulfonamides is 1. The van der Waals surface area contributed by atoms with Crippen LogP contribution in [0.2, 0.25) is 5.02 Å². The second kappa shape index (κ2) is 13.7. The highest BCUT2D eigenvalue weighted by Gasteiger charge is 2.32. The first-order chi connectivity index (χ1) is 18.8. The van der Waals surface area contributed by atoms with Crippen LogP contribution in [0, 0.1) is 19.8 Å². The van der Waals surface area contributed by atoms with Gasteiger partial charge in [-0.2, -0.15) is 0 Å². The standard InChI is InChI=1S/C30H35BrClN3O4S/c1-20(2)17-33-30(37)23(5)34(18-24-7-6-8-25(31)16-24)29(36)19-35(27-12-9-21(3)22(4)15-27)40(38,39)28-13-10-26(32)11-14-28/h6-16,20,23H,17-19H2,1-5H3,(H,33,37)/t23-/m0/s1. The lowest BCUT2D eigenvalue weighted by molar-refractivity contribution is -0.139. The summed E-state index contributed by atoms with van der Waals surface area (Å²) in [5, 5.41) is 3.29. The Labute approximate surface area is 250 Å². The van der Waals surface area contributed by atoms with Gasteiger partial charge in [-0.05, 0) is 91.9 Å². The smallest absolute Gasteiger partial charge is 0.264 e. The fourth-order valence-corrected chi connectivity index (χ4v) is 5.99. The van der Waals surface area contributed by atoms with Gasteiger partial charge in [0.05, 0.1) is 10.6 Å². The summed E-state index contributed by atoms with van der Waals surface area (Å²) in [5.41, 5.74) is 3.02. The molecule has 0 aliphatic rings. The number of anilines is 1. The van der Waals surface area contributed by atoms with E-state index in [1.54, 1.807) is 19.1 Å². The van der Waals surface area contributed by atoms with Gasteiger partial charge in [0, 0.05) is 22.6 Å². The molecule has 0 radical (unpaired) electrons. The quantitative estimate of drug-likeness (QED) is 0.272. The minimum absolute atomic E-state index is 0.00388. The number of amides is 2. The largest absolute Gasteiger partial charge is 0.354 e. The molecule has 0 saturated carbocycles. The molecule has 3 aromatic carbocycles. The predicted molar refractivity (Wildman–Crippen MR) is 164 cm³/mol. The Morgan fingerprint density at radius 3 is 2.23 bits per heavy atom. The van der Waals surface area contributed by atoms with Crippen LogP contribution in [0.25, 0.3) is 0 Å². The molecule has 0 aliphatic heterocycles. The van der Waals surface area contributed by atoms with Gasteiger partial charge in [-0.15, -0.1) is 0 Å². The zero-order chi connectivity index (χ0) is 29.6. The molecule has 1 atom stereocenters. The maximum atomic E-state index is 14.0. The average molecular weight is 649 g/mol. The van der Waals surface area contributed by atoms with Crippen molar-refractivity contribution in [1.29, 1.82) is 0 Å². The summed E-state index contributed by atoms with van der Waals surface area (Å²) < 4.78 is 29.7. The second-order valence-electron chi connectivity index (χ2n) is 10.2. The van der Waals surface area contributed by atoms with Gasteiger partial charge in [0.15, 0.2) is 0 Å². The number of aryl methyl sites for hydroxylation is 2. The SMILES string of the molecule is Cc1ccc(N(CC(=O)N(Cc2cccc(Br)c2)[C@@H](C)C(=O)NCC(C)C)S(=O)(=O)c2ccc(Cl)cc2)cc1C. The summed E-state index contributed by atoms with van der Waals surface area (Å²) in [6.45, 7) is 9.52. The number of hydrogen-bond donors (Lipinski definition) is 1. The van der Waals surface area contributed by atoms with E-state index >= 15 is 0 Å². The van der Waals surface area contributed by atoms with E-state index in [4.69, 9.17) is 11.6 Å². The van der Waals surface area contributed by atoms with Crippen molar-refractivity contribution in [3.8, 4) is 0 Å². The van der Waals surface area contributed by atoms with E-state index in [9.17, 15) is 18.0 Å². The number of benzene rings is 3. The third-order valence-electron chi connectivity index (χ3n) is 6.55.